The predicted octanol–water partition coefficient (Wildman–Crippen LogP) is 3.07. The Balaban J connectivity index is 1.32. The van der Waals surface area contributed by atoms with Crippen molar-refractivity contribution in [3.8, 4) is 0 Å². The zero-order valence-electron chi connectivity index (χ0n) is 16.8. The molecule has 2 aromatic heterocycles. The molecule has 6 heteroatoms. The van der Waals surface area contributed by atoms with Gasteiger partial charge in [-0.25, -0.2) is 9.97 Å². The first kappa shape index (κ1) is 17.9. The molecule has 0 N–H and O–H groups in total. The smallest absolute Gasteiger partial charge is 0.227 e. The molecular weight excluding hydrogens is 360 g/mol. The highest BCUT2D eigenvalue weighted by molar-refractivity contribution is 5.50. The van der Waals surface area contributed by atoms with Crippen molar-refractivity contribution < 1.29 is 0 Å². The van der Waals surface area contributed by atoms with Crippen LogP contribution in [-0.2, 0) is 13.0 Å². The summed E-state index contributed by atoms with van der Waals surface area (Å²) < 4.78 is 0. The van der Waals surface area contributed by atoms with Crippen LogP contribution in [0.2, 0.25) is 0 Å². The van der Waals surface area contributed by atoms with E-state index in [2.05, 4.69) is 63.0 Å². The van der Waals surface area contributed by atoms with Crippen LogP contribution < -0.4 is 14.7 Å². The van der Waals surface area contributed by atoms with Crippen LogP contribution in [0, 0.1) is 6.92 Å². The van der Waals surface area contributed by atoms with E-state index in [4.69, 9.17) is 9.97 Å². The molecule has 0 amide bonds. The minimum atomic E-state index is 0.847. The van der Waals surface area contributed by atoms with Gasteiger partial charge in [0.25, 0.3) is 0 Å². The van der Waals surface area contributed by atoms with E-state index in [0.29, 0.717) is 0 Å². The molecule has 0 radical (unpaired) electrons. The van der Waals surface area contributed by atoms with Crippen molar-refractivity contribution in [3.05, 3.63) is 71.5 Å². The largest absolute Gasteiger partial charge is 0.353 e. The summed E-state index contributed by atoms with van der Waals surface area (Å²) in [6.45, 7) is 7.66. The first-order valence-corrected chi connectivity index (χ1v) is 10.3. The molecule has 0 unspecified atom stereocenters. The van der Waals surface area contributed by atoms with Gasteiger partial charge in [-0.3, -0.25) is 0 Å². The Bertz CT molecular complexity index is 982. The first-order chi connectivity index (χ1) is 14.3. The van der Waals surface area contributed by atoms with Gasteiger partial charge in [0.15, 0.2) is 0 Å². The number of rotatable bonds is 3. The Morgan fingerprint density at radius 1 is 0.724 bits per heavy atom. The third kappa shape index (κ3) is 3.75. The summed E-state index contributed by atoms with van der Waals surface area (Å²) >= 11 is 0. The molecule has 5 rings (SSSR count). The van der Waals surface area contributed by atoms with Crippen molar-refractivity contribution in [1.82, 2.24) is 15.0 Å². The lowest BCUT2D eigenvalue weighted by molar-refractivity contribution is 0.631. The molecule has 1 aromatic carbocycles. The Morgan fingerprint density at radius 3 is 2.28 bits per heavy atom. The minimum absolute atomic E-state index is 0.847. The SMILES string of the molecule is Cc1cc(N2CCc3ccccc3C2)nc(N2CCN(c3ccccn3)CC2)n1. The van der Waals surface area contributed by atoms with Gasteiger partial charge in [0, 0.05) is 57.2 Å². The third-order valence-electron chi connectivity index (χ3n) is 5.82. The van der Waals surface area contributed by atoms with Gasteiger partial charge in [0.05, 0.1) is 0 Å². The monoisotopic (exact) mass is 386 g/mol. The Kier molecular flexibility index (Phi) is 4.76. The lowest BCUT2D eigenvalue weighted by Crippen LogP contribution is -2.47. The van der Waals surface area contributed by atoms with Gasteiger partial charge in [0.2, 0.25) is 5.95 Å². The topological polar surface area (TPSA) is 48.4 Å². The van der Waals surface area contributed by atoms with Crippen LogP contribution in [-0.4, -0.2) is 47.7 Å². The molecule has 2 aliphatic heterocycles. The van der Waals surface area contributed by atoms with Gasteiger partial charge < -0.3 is 14.7 Å². The van der Waals surface area contributed by atoms with Crippen molar-refractivity contribution in [2.75, 3.05) is 47.4 Å². The lowest BCUT2D eigenvalue weighted by atomic mass is 10.00. The summed E-state index contributed by atoms with van der Waals surface area (Å²) in [6.07, 6.45) is 2.92. The van der Waals surface area contributed by atoms with Crippen LogP contribution >= 0.6 is 0 Å². The number of pyridine rings is 1. The number of hydrogen-bond acceptors (Lipinski definition) is 6. The second kappa shape index (κ2) is 7.70. The fourth-order valence-electron chi connectivity index (χ4n) is 4.21. The predicted molar refractivity (Wildman–Crippen MR) is 117 cm³/mol. The van der Waals surface area contributed by atoms with Gasteiger partial charge in [-0.05, 0) is 36.6 Å². The highest BCUT2D eigenvalue weighted by atomic mass is 15.3. The Labute approximate surface area is 171 Å². The van der Waals surface area contributed by atoms with Crippen molar-refractivity contribution in [2.24, 2.45) is 0 Å². The van der Waals surface area contributed by atoms with Crippen molar-refractivity contribution in [1.29, 1.82) is 0 Å². The normalized spacial score (nSPS) is 16.7. The molecule has 0 spiro atoms. The Hall–Kier alpha value is -3.15. The molecule has 0 bridgehead atoms. The van der Waals surface area contributed by atoms with E-state index in [1.807, 2.05) is 18.3 Å². The third-order valence-corrected chi connectivity index (χ3v) is 5.82. The van der Waals surface area contributed by atoms with Crippen LogP contribution in [0.4, 0.5) is 17.6 Å². The van der Waals surface area contributed by atoms with Crippen molar-refractivity contribution in [2.45, 2.75) is 19.9 Å². The van der Waals surface area contributed by atoms with Crippen molar-refractivity contribution >= 4 is 17.6 Å². The highest BCUT2D eigenvalue weighted by Crippen LogP contribution is 2.25. The molecule has 6 nitrogen and oxygen atoms in total. The van der Waals surface area contributed by atoms with Gasteiger partial charge in [-0.15, -0.1) is 0 Å². The van der Waals surface area contributed by atoms with E-state index < -0.39 is 0 Å². The molecule has 0 atom stereocenters. The highest BCUT2D eigenvalue weighted by Gasteiger charge is 2.22. The Morgan fingerprint density at radius 2 is 1.48 bits per heavy atom. The maximum Gasteiger partial charge on any atom is 0.227 e. The molecule has 4 heterocycles. The number of hydrogen-bond donors (Lipinski definition) is 0. The zero-order chi connectivity index (χ0) is 19.6. The fraction of sp³-hybridized carbons (Fsp3) is 0.348. The average Bonchev–Trinajstić information content (AvgIpc) is 2.79. The number of anilines is 3. The summed E-state index contributed by atoms with van der Waals surface area (Å²) in [5.41, 5.74) is 3.89. The maximum atomic E-state index is 4.96. The fourth-order valence-corrected chi connectivity index (χ4v) is 4.21. The van der Waals surface area contributed by atoms with Crippen molar-refractivity contribution in [3.63, 3.8) is 0 Å². The molecule has 2 aliphatic rings. The molecule has 0 aliphatic carbocycles. The molecule has 1 saturated heterocycles. The van der Waals surface area contributed by atoms with Gasteiger partial charge in [-0.2, -0.15) is 4.98 Å². The van der Waals surface area contributed by atoms with Crippen LogP contribution in [0.3, 0.4) is 0 Å². The summed E-state index contributed by atoms with van der Waals surface area (Å²) in [7, 11) is 0. The molecule has 148 valence electrons. The van der Waals surface area contributed by atoms with E-state index >= 15 is 0 Å². The van der Waals surface area contributed by atoms with E-state index in [-0.39, 0.29) is 0 Å². The average molecular weight is 387 g/mol. The van der Waals surface area contributed by atoms with Crippen LogP contribution in [0.25, 0.3) is 0 Å². The second-order valence-corrected chi connectivity index (χ2v) is 7.77. The minimum Gasteiger partial charge on any atom is -0.353 e. The van der Waals surface area contributed by atoms with E-state index in [1.54, 1.807) is 0 Å². The molecule has 29 heavy (non-hydrogen) atoms. The van der Waals surface area contributed by atoms with Crippen LogP contribution in [0.5, 0.6) is 0 Å². The summed E-state index contributed by atoms with van der Waals surface area (Å²) in [4.78, 5) is 21.2. The zero-order valence-corrected chi connectivity index (χ0v) is 16.8. The van der Waals surface area contributed by atoms with E-state index in [0.717, 1.165) is 69.0 Å². The van der Waals surface area contributed by atoms with Crippen LogP contribution in [0.1, 0.15) is 16.8 Å². The number of nitrogens with zero attached hydrogens (tertiary/aromatic N) is 6. The molecule has 0 saturated carbocycles. The van der Waals surface area contributed by atoms with Crippen LogP contribution in [0.15, 0.2) is 54.7 Å². The van der Waals surface area contributed by atoms with Gasteiger partial charge >= 0.3 is 0 Å². The number of fused-ring (bicyclic) bond motifs is 1. The lowest BCUT2D eigenvalue weighted by Gasteiger charge is -2.36. The first-order valence-electron chi connectivity index (χ1n) is 10.3. The molecule has 3 aromatic rings. The van der Waals surface area contributed by atoms with Gasteiger partial charge in [-0.1, -0.05) is 30.3 Å². The summed E-state index contributed by atoms with van der Waals surface area (Å²) in [5.74, 6) is 2.93. The summed E-state index contributed by atoms with van der Waals surface area (Å²) in [6, 6.07) is 16.9. The second-order valence-electron chi connectivity index (χ2n) is 7.77. The van der Waals surface area contributed by atoms with Gasteiger partial charge in [0.1, 0.15) is 11.6 Å². The summed E-state index contributed by atoms with van der Waals surface area (Å²) in [5, 5.41) is 0. The quantitative estimate of drug-likeness (QED) is 0.690. The maximum absolute atomic E-state index is 4.96. The molecule has 1 fully saturated rings. The molecular formula is C23H26N6. The standard InChI is InChI=1S/C23H26N6/c1-18-16-22(29-11-9-19-6-2-3-7-20(19)17-29)26-23(25-18)28-14-12-27(13-15-28)21-8-4-5-10-24-21/h2-8,10,16H,9,11-15,17H2,1H3. The number of piperazine rings is 1. The number of aromatic nitrogens is 3. The number of aryl methyl sites for hydroxylation is 1. The van der Waals surface area contributed by atoms with E-state index in [9.17, 15) is 0 Å². The number of benzene rings is 1. The van der Waals surface area contributed by atoms with E-state index in [1.165, 1.54) is 11.1 Å².